The maximum Gasteiger partial charge on any atom is 0.259 e. The number of nitrogens with one attached hydrogen (secondary N) is 1. The summed E-state index contributed by atoms with van der Waals surface area (Å²) in [5.74, 6) is -0.305. The van der Waals surface area contributed by atoms with Gasteiger partial charge in [-0.15, -0.1) is 0 Å². The summed E-state index contributed by atoms with van der Waals surface area (Å²) in [4.78, 5) is 27.8. The van der Waals surface area contributed by atoms with Crippen molar-refractivity contribution in [3.8, 4) is 5.69 Å². The number of carbonyl (C=O) groups is 2. The highest BCUT2D eigenvalue weighted by atomic mass is 16.2. The highest BCUT2D eigenvalue weighted by Crippen LogP contribution is 2.22. The van der Waals surface area contributed by atoms with E-state index in [1.165, 1.54) is 0 Å². The van der Waals surface area contributed by atoms with E-state index in [1.54, 1.807) is 23.0 Å². The Balaban J connectivity index is 1.57. The quantitative estimate of drug-likeness (QED) is 0.733. The maximum atomic E-state index is 13.0. The van der Waals surface area contributed by atoms with Crippen LogP contribution in [0.3, 0.4) is 0 Å². The number of piperidine rings is 1. The monoisotopic (exact) mass is 388 g/mol. The number of carbonyl (C=O) groups excluding carboxylic acids is 2. The molecule has 1 saturated heterocycles. The van der Waals surface area contributed by atoms with Gasteiger partial charge in [0.15, 0.2) is 0 Å². The van der Waals surface area contributed by atoms with Crippen molar-refractivity contribution in [2.45, 2.75) is 26.2 Å². The number of aromatic nitrogens is 2. The van der Waals surface area contributed by atoms with Crippen molar-refractivity contribution in [2.24, 2.45) is 0 Å². The van der Waals surface area contributed by atoms with Gasteiger partial charge in [0, 0.05) is 13.1 Å². The van der Waals surface area contributed by atoms with E-state index in [1.807, 2.05) is 54.3 Å². The van der Waals surface area contributed by atoms with Crippen LogP contribution in [0.1, 0.15) is 45.7 Å². The summed E-state index contributed by atoms with van der Waals surface area (Å²) < 4.78 is 1.74. The smallest absolute Gasteiger partial charge is 0.259 e. The molecule has 2 aromatic carbocycles. The first kappa shape index (κ1) is 18.9. The second-order valence-corrected chi connectivity index (χ2v) is 7.24. The van der Waals surface area contributed by atoms with Gasteiger partial charge in [0.2, 0.25) is 0 Å². The lowest BCUT2D eigenvalue weighted by atomic mass is 10.1. The molecule has 3 aromatic rings. The number of benzene rings is 2. The molecule has 0 saturated carbocycles. The van der Waals surface area contributed by atoms with Gasteiger partial charge in [-0.05, 0) is 50.5 Å². The molecular weight excluding hydrogens is 364 g/mol. The predicted octanol–water partition coefficient (Wildman–Crippen LogP) is 4.06. The normalized spacial score (nSPS) is 13.9. The van der Waals surface area contributed by atoms with Gasteiger partial charge in [-0.1, -0.05) is 30.3 Å². The minimum absolute atomic E-state index is 0.0303. The summed E-state index contributed by atoms with van der Waals surface area (Å²) in [6, 6.07) is 16.9. The lowest BCUT2D eigenvalue weighted by Crippen LogP contribution is -2.36. The molecule has 1 fully saturated rings. The van der Waals surface area contributed by atoms with Crippen molar-refractivity contribution in [1.82, 2.24) is 14.7 Å². The average molecular weight is 388 g/mol. The minimum Gasteiger partial charge on any atom is -0.339 e. The van der Waals surface area contributed by atoms with Crippen LogP contribution in [-0.4, -0.2) is 39.6 Å². The molecule has 2 heterocycles. The first-order valence-electron chi connectivity index (χ1n) is 9.95. The Kier molecular flexibility index (Phi) is 5.42. The van der Waals surface area contributed by atoms with Gasteiger partial charge in [0.05, 0.1) is 34.4 Å². The fourth-order valence-corrected chi connectivity index (χ4v) is 3.70. The zero-order valence-electron chi connectivity index (χ0n) is 16.5. The van der Waals surface area contributed by atoms with E-state index in [0.717, 1.165) is 43.7 Å². The number of anilines is 1. The van der Waals surface area contributed by atoms with Crippen LogP contribution in [-0.2, 0) is 0 Å². The number of hydrogen-bond donors (Lipinski definition) is 1. The summed E-state index contributed by atoms with van der Waals surface area (Å²) in [5, 5.41) is 7.27. The largest absolute Gasteiger partial charge is 0.339 e. The third kappa shape index (κ3) is 3.92. The summed E-state index contributed by atoms with van der Waals surface area (Å²) in [5.41, 5.74) is 3.17. The van der Waals surface area contributed by atoms with Crippen molar-refractivity contribution < 1.29 is 9.59 Å². The average Bonchev–Trinajstić information content (AvgIpc) is 3.16. The fraction of sp³-hybridized carbons (Fsp3) is 0.261. The molecule has 6 heteroatoms. The molecule has 0 unspecified atom stereocenters. The Labute approximate surface area is 170 Å². The molecule has 0 radical (unpaired) electrons. The SMILES string of the molecule is Cc1c(C(=O)Nc2ccccc2C(=O)N2CCCCC2)cnn1-c1ccccc1. The third-order valence-corrected chi connectivity index (χ3v) is 5.30. The fourth-order valence-electron chi connectivity index (χ4n) is 3.70. The van der Waals surface area contributed by atoms with Crippen LogP contribution >= 0.6 is 0 Å². The predicted molar refractivity (Wildman–Crippen MR) is 112 cm³/mol. The number of para-hydroxylation sites is 2. The molecule has 0 spiro atoms. The molecule has 1 aromatic heterocycles. The Hall–Kier alpha value is -3.41. The van der Waals surface area contributed by atoms with Gasteiger partial charge in [0.1, 0.15) is 0 Å². The van der Waals surface area contributed by atoms with Gasteiger partial charge in [-0.3, -0.25) is 9.59 Å². The van der Waals surface area contributed by atoms with E-state index in [9.17, 15) is 9.59 Å². The van der Waals surface area contributed by atoms with Crippen LogP contribution < -0.4 is 5.32 Å². The van der Waals surface area contributed by atoms with Gasteiger partial charge in [-0.2, -0.15) is 5.10 Å². The van der Waals surface area contributed by atoms with Crippen LogP contribution in [0.25, 0.3) is 5.69 Å². The van der Waals surface area contributed by atoms with Crippen LogP contribution in [0.2, 0.25) is 0 Å². The number of hydrogen-bond acceptors (Lipinski definition) is 3. The molecule has 6 nitrogen and oxygen atoms in total. The molecule has 148 valence electrons. The van der Waals surface area contributed by atoms with Crippen molar-refractivity contribution in [1.29, 1.82) is 0 Å². The molecule has 1 N–H and O–H groups in total. The Bertz CT molecular complexity index is 1020. The van der Waals surface area contributed by atoms with Gasteiger partial charge in [0.25, 0.3) is 11.8 Å². The first-order chi connectivity index (χ1) is 14.1. The Morgan fingerprint density at radius 3 is 2.34 bits per heavy atom. The molecular formula is C23H24N4O2. The summed E-state index contributed by atoms with van der Waals surface area (Å²) >= 11 is 0. The maximum absolute atomic E-state index is 13.0. The molecule has 0 bridgehead atoms. The number of likely N-dealkylation sites (tertiary alicyclic amines) is 1. The molecule has 1 aliphatic rings. The lowest BCUT2D eigenvalue weighted by molar-refractivity contribution is 0.0725. The summed E-state index contributed by atoms with van der Waals surface area (Å²) in [6.07, 6.45) is 4.77. The molecule has 2 amide bonds. The summed E-state index contributed by atoms with van der Waals surface area (Å²) in [6.45, 7) is 3.40. The molecule has 4 rings (SSSR count). The minimum atomic E-state index is -0.274. The van der Waals surface area contributed by atoms with E-state index in [2.05, 4.69) is 10.4 Å². The van der Waals surface area contributed by atoms with E-state index in [4.69, 9.17) is 0 Å². The van der Waals surface area contributed by atoms with Crippen molar-refractivity contribution in [3.05, 3.63) is 77.6 Å². The topological polar surface area (TPSA) is 67.2 Å². The van der Waals surface area contributed by atoms with Gasteiger partial charge in [-0.25, -0.2) is 4.68 Å². The zero-order chi connectivity index (χ0) is 20.2. The molecule has 0 atom stereocenters. The second kappa shape index (κ2) is 8.31. The van der Waals surface area contributed by atoms with Gasteiger partial charge < -0.3 is 10.2 Å². The van der Waals surface area contributed by atoms with Crippen LogP contribution in [0.4, 0.5) is 5.69 Å². The van der Waals surface area contributed by atoms with Crippen molar-refractivity contribution in [2.75, 3.05) is 18.4 Å². The zero-order valence-corrected chi connectivity index (χ0v) is 16.5. The lowest BCUT2D eigenvalue weighted by Gasteiger charge is -2.27. The summed E-state index contributed by atoms with van der Waals surface area (Å²) in [7, 11) is 0. The van der Waals surface area contributed by atoms with Crippen molar-refractivity contribution >= 4 is 17.5 Å². The van der Waals surface area contributed by atoms with Crippen LogP contribution in [0, 0.1) is 6.92 Å². The number of rotatable bonds is 4. The van der Waals surface area contributed by atoms with E-state index < -0.39 is 0 Å². The first-order valence-corrected chi connectivity index (χ1v) is 9.95. The number of nitrogens with zero attached hydrogens (tertiary/aromatic N) is 3. The van der Waals surface area contributed by atoms with E-state index in [0.29, 0.717) is 16.8 Å². The van der Waals surface area contributed by atoms with Crippen LogP contribution in [0.5, 0.6) is 0 Å². The van der Waals surface area contributed by atoms with E-state index in [-0.39, 0.29) is 11.8 Å². The number of amides is 2. The Morgan fingerprint density at radius 2 is 1.59 bits per heavy atom. The Morgan fingerprint density at radius 1 is 0.897 bits per heavy atom. The van der Waals surface area contributed by atoms with Crippen LogP contribution in [0.15, 0.2) is 60.8 Å². The van der Waals surface area contributed by atoms with Crippen molar-refractivity contribution in [3.63, 3.8) is 0 Å². The molecule has 1 aliphatic heterocycles. The standard InChI is InChI=1S/C23H24N4O2/c1-17-20(16-24-27(17)18-10-4-2-5-11-18)22(28)25-21-13-7-6-12-19(21)23(29)26-14-8-3-9-15-26/h2,4-7,10-13,16H,3,8-9,14-15H2,1H3,(H,25,28). The molecule has 0 aliphatic carbocycles. The highest BCUT2D eigenvalue weighted by Gasteiger charge is 2.22. The van der Waals surface area contributed by atoms with Gasteiger partial charge >= 0.3 is 0 Å². The highest BCUT2D eigenvalue weighted by molar-refractivity contribution is 6.09. The third-order valence-electron chi connectivity index (χ3n) is 5.30. The van der Waals surface area contributed by atoms with E-state index >= 15 is 0 Å². The second-order valence-electron chi connectivity index (χ2n) is 7.24. The molecule has 29 heavy (non-hydrogen) atoms.